The molecule has 6 rings (SSSR count). The van der Waals surface area contributed by atoms with Crippen molar-refractivity contribution in [3.05, 3.63) is 12.7 Å². The second-order valence-electron chi connectivity index (χ2n) is 26.4. The van der Waals surface area contributed by atoms with Gasteiger partial charge in [0.15, 0.2) is 0 Å². The molecule has 88 heavy (non-hydrogen) atoms. The lowest BCUT2D eigenvalue weighted by Crippen LogP contribution is -2.65. The monoisotopic (exact) mass is 1230 g/mol. The predicted octanol–water partition coefficient (Wildman–Crippen LogP) is 2.67. The molecular weight excluding hydrogens is 1130 g/mol. The number of carbonyl (C=O) groups excluding carboxylic acids is 12. The fraction of sp³-hybridized carbons (Fsp3) is 0.781. The topological polar surface area (TPSA) is 270 Å². The first-order chi connectivity index (χ1) is 41.8. The summed E-state index contributed by atoms with van der Waals surface area (Å²) >= 11 is 0. The molecule has 0 radical (unpaired) electrons. The molecule has 3 heterocycles. The van der Waals surface area contributed by atoms with Crippen molar-refractivity contribution in [3.63, 3.8) is 0 Å². The van der Waals surface area contributed by atoms with E-state index in [4.69, 9.17) is 0 Å². The van der Waals surface area contributed by atoms with E-state index in [0.29, 0.717) is 58.0 Å². The summed E-state index contributed by atoms with van der Waals surface area (Å²) < 4.78 is 0. The summed E-state index contributed by atoms with van der Waals surface area (Å²) in [5.74, 6) is -7.51. The normalized spacial score (nSPS) is 28.7. The van der Waals surface area contributed by atoms with Crippen LogP contribution in [0.1, 0.15) is 168 Å². The van der Waals surface area contributed by atoms with Crippen molar-refractivity contribution in [1.29, 1.82) is 0 Å². The molecule has 24 nitrogen and oxygen atoms in total. The maximum absolute atomic E-state index is 15.6. The minimum atomic E-state index is -1.45. The summed E-state index contributed by atoms with van der Waals surface area (Å²) in [5, 5.41) is 8.73. The molecule has 3 N–H and O–H groups in total. The number of likely N-dealkylation sites (tertiary alicyclic amines) is 1. The van der Waals surface area contributed by atoms with Crippen molar-refractivity contribution < 1.29 is 57.5 Å². The van der Waals surface area contributed by atoms with E-state index in [0.717, 1.165) is 75.5 Å². The Kier molecular flexibility index (Phi) is 25.8. The predicted molar refractivity (Wildman–Crippen MR) is 330 cm³/mol. The molecule has 0 aromatic heterocycles. The van der Waals surface area contributed by atoms with Crippen LogP contribution in [0.4, 0.5) is 0 Å². The fourth-order valence-electron chi connectivity index (χ4n) is 14.1. The summed E-state index contributed by atoms with van der Waals surface area (Å²) in [6.07, 6.45) is 14.9. The second-order valence-corrected chi connectivity index (χ2v) is 26.4. The van der Waals surface area contributed by atoms with Crippen molar-refractivity contribution in [1.82, 2.24) is 60.0 Å². The third kappa shape index (κ3) is 17.2. The van der Waals surface area contributed by atoms with E-state index in [2.05, 4.69) is 22.5 Å². The second kappa shape index (κ2) is 32.2. The molecule has 3 aliphatic heterocycles. The summed E-state index contributed by atoms with van der Waals surface area (Å²) in [4.78, 5) is 187. The number of nitrogens with zero attached hydrogens (tertiary/aromatic N) is 9. The summed E-state index contributed by atoms with van der Waals surface area (Å²) in [5.41, 5.74) is -1.45. The molecule has 6 aliphatic rings. The Morgan fingerprint density at radius 1 is 0.602 bits per heavy atom. The molecule has 1 spiro atoms. The van der Waals surface area contributed by atoms with Crippen LogP contribution in [0, 0.1) is 17.8 Å². The largest absolute Gasteiger partial charge is 0.342 e. The zero-order chi connectivity index (χ0) is 64.7. The summed E-state index contributed by atoms with van der Waals surface area (Å²) in [7, 11) is 10.2. The van der Waals surface area contributed by atoms with Crippen molar-refractivity contribution >= 4 is 70.9 Å². The molecule has 1 unspecified atom stereocenters. The first kappa shape index (κ1) is 70.5. The van der Waals surface area contributed by atoms with Gasteiger partial charge in [-0.15, -0.1) is 6.58 Å². The van der Waals surface area contributed by atoms with E-state index >= 15 is 9.59 Å². The SMILES string of the molecule is C=CC[C@@H]1NC(=O)CN(C)C(=O)C(CC2CCCCC2)N(C)C(=O)CN(C)C(=O)CN(C)C(=O)[C@H]([C@@H](C)CC)NC(=O)[C@H](C)N(C)C(=O)C[C@@H](C(=O)N2CCCCC2)N(C)C(=O)[C@H](C2CCCCC2)N(C)C(=O)C2(CCCC2)NC(=O)[C@@H]2CCCN2C1=O. The van der Waals surface area contributed by atoms with Crippen molar-refractivity contribution in [2.75, 3.05) is 88.6 Å². The van der Waals surface area contributed by atoms with Gasteiger partial charge < -0.3 is 60.0 Å². The summed E-state index contributed by atoms with van der Waals surface area (Å²) in [6, 6.07) is -7.98. The van der Waals surface area contributed by atoms with Crippen molar-refractivity contribution in [2.45, 2.75) is 216 Å². The van der Waals surface area contributed by atoms with Crippen LogP contribution in [-0.2, 0) is 57.5 Å². The van der Waals surface area contributed by atoms with Gasteiger partial charge in [-0.1, -0.05) is 90.6 Å². The van der Waals surface area contributed by atoms with Gasteiger partial charge in [0.05, 0.1) is 26.1 Å². The van der Waals surface area contributed by atoms with E-state index in [1.165, 1.54) is 89.6 Å². The van der Waals surface area contributed by atoms with E-state index in [-0.39, 0.29) is 44.1 Å². The number of likely N-dealkylation sites (N-methyl/N-ethyl adjacent to an activating group) is 7. The third-order valence-corrected chi connectivity index (χ3v) is 20.2. The Labute approximate surface area is 521 Å². The van der Waals surface area contributed by atoms with Gasteiger partial charge in [0.2, 0.25) is 70.9 Å². The van der Waals surface area contributed by atoms with E-state index < -0.39 is 151 Å². The van der Waals surface area contributed by atoms with Gasteiger partial charge in [-0.05, 0) is 95.3 Å². The van der Waals surface area contributed by atoms with Gasteiger partial charge >= 0.3 is 0 Å². The average Bonchev–Trinajstić information content (AvgIpc) is 1.94. The Bertz CT molecular complexity index is 2540. The number of piperidine rings is 1. The molecule has 3 aliphatic carbocycles. The highest BCUT2D eigenvalue weighted by atomic mass is 16.2. The molecule has 8 atom stereocenters. The molecule has 0 aromatic rings. The molecule has 6 fully saturated rings. The lowest BCUT2D eigenvalue weighted by molar-refractivity contribution is -0.157. The van der Waals surface area contributed by atoms with Crippen molar-refractivity contribution in [2.24, 2.45) is 17.8 Å². The maximum Gasteiger partial charge on any atom is 0.248 e. The molecule has 3 saturated carbocycles. The Morgan fingerprint density at radius 3 is 1.81 bits per heavy atom. The zero-order valence-electron chi connectivity index (χ0n) is 54.5. The average molecular weight is 1230 g/mol. The van der Waals surface area contributed by atoms with Gasteiger partial charge in [-0.25, -0.2) is 0 Å². The van der Waals surface area contributed by atoms with Crippen LogP contribution in [-0.4, -0.2) is 251 Å². The van der Waals surface area contributed by atoms with Crippen LogP contribution < -0.4 is 16.0 Å². The quantitative estimate of drug-likeness (QED) is 0.296. The number of carbonyl (C=O) groups is 12. The lowest BCUT2D eigenvalue weighted by Gasteiger charge is -2.43. The van der Waals surface area contributed by atoms with Crippen LogP contribution in [0.5, 0.6) is 0 Å². The van der Waals surface area contributed by atoms with Crippen LogP contribution in [0.3, 0.4) is 0 Å². The fourth-order valence-corrected chi connectivity index (χ4v) is 14.1. The van der Waals surface area contributed by atoms with Gasteiger partial charge in [-0.3, -0.25) is 57.5 Å². The maximum atomic E-state index is 15.6. The smallest absolute Gasteiger partial charge is 0.248 e. The van der Waals surface area contributed by atoms with Gasteiger partial charge in [-0.2, -0.15) is 0 Å². The van der Waals surface area contributed by atoms with Gasteiger partial charge in [0.25, 0.3) is 0 Å². The van der Waals surface area contributed by atoms with E-state index in [1.54, 1.807) is 18.9 Å². The molecule has 24 heteroatoms. The molecule has 0 aromatic carbocycles. The third-order valence-electron chi connectivity index (χ3n) is 20.2. The van der Waals surface area contributed by atoms with Gasteiger partial charge in [0, 0.05) is 69.0 Å². The van der Waals surface area contributed by atoms with Crippen LogP contribution in [0.15, 0.2) is 12.7 Å². The lowest BCUT2D eigenvalue weighted by atomic mass is 9.81. The number of amides is 12. The molecule has 0 bridgehead atoms. The van der Waals surface area contributed by atoms with E-state index in [9.17, 15) is 47.9 Å². The highest BCUT2D eigenvalue weighted by molar-refractivity contribution is 6.00. The van der Waals surface area contributed by atoms with Crippen LogP contribution >= 0.6 is 0 Å². The molecule has 12 amide bonds. The number of rotatable bonds is 8. The first-order valence-electron chi connectivity index (χ1n) is 32.7. The highest BCUT2D eigenvalue weighted by Crippen LogP contribution is 2.37. The number of nitrogens with one attached hydrogen (secondary N) is 3. The Hall–Kier alpha value is -6.62. The zero-order valence-corrected chi connectivity index (χ0v) is 54.5. The standard InChI is InChI=1S/C64H104N12O12/c1-12-26-46-58(83)76-36-25-31-47(76)57(82)67-64(32-21-22-33-64)63(88)74(11)55(45-29-19-15-20-30-45)62(87)73(10)49(60(85)75-34-23-16-24-35-75)38-51(78)71(8)43(4)56(81)66-54(42(3)13-2)61(86)70(7)40-52(79)68(5)41-53(80)72(9)48(37-44-27-17-14-18-28-44)59(84)69(6)39-50(77)65-46/h12,42-49,54-55H,1,13-41H2,2-11H3,(H,65,77)(H,66,81)(H,67,82)/t42-,43-,46-,47-,48?,49-,54-,55-/m0/s1. The molecule has 492 valence electrons. The minimum Gasteiger partial charge on any atom is -0.342 e. The number of hydrogen-bond donors (Lipinski definition) is 3. The summed E-state index contributed by atoms with van der Waals surface area (Å²) in [6.45, 7) is 8.54. The molecular formula is C64H104N12O12. The van der Waals surface area contributed by atoms with Crippen LogP contribution in [0.25, 0.3) is 0 Å². The highest BCUT2D eigenvalue weighted by Gasteiger charge is 2.51. The Morgan fingerprint density at radius 2 is 1.19 bits per heavy atom. The van der Waals surface area contributed by atoms with E-state index in [1.807, 2.05) is 6.92 Å². The number of fused-ring (bicyclic) bond motifs is 1. The minimum absolute atomic E-state index is 0.00741. The van der Waals surface area contributed by atoms with Crippen molar-refractivity contribution in [3.8, 4) is 0 Å². The Balaban J connectivity index is 1.37. The number of hydrogen-bond acceptors (Lipinski definition) is 12. The van der Waals surface area contributed by atoms with Gasteiger partial charge in [0.1, 0.15) is 47.8 Å². The first-order valence-corrected chi connectivity index (χ1v) is 32.7. The molecule has 3 saturated heterocycles. The van der Waals surface area contributed by atoms with Crippen LogP contribution in [0.2, 0.25) is 0 Å².